The first-order chi connectivity index (χ1) is 12.3. The van der Waals surface area contributed by atoms with Gasteiger partial charge in [0, 0.05) is 11.8 Å². The summed E-state index contributed by atoms with van der Waals surface area (Å²) in [5.74, 6) is -1.04. The number of nitriles is 1. The second-order valence-corrected chi connectivity index (χ2v) is 7.46. The van der Waals surface area contributed by atoms with Crippen LogP contribution in [-0.4, -0.2) is 27.2 Å². The van der Waals surface area contributed by atoms with Gasteiger partial charge < -0.3 is 10.1 Å². The molecule has 0 aliphatic carbocycles. The number of anilines is 2. The predicted octanol–water partition coefficient (Wildman–Crippen LogP) is 2.58. The van der Waals surface area contributed by atoms with E-state index in [1.165, 1.54) is 14.0 Å². The number of sulfonamides is 1. The molecule has 136 valence electrons. The maximum atomic E-state index is 12.3. The van der Waals surface area contributed by atoms with Crippen molar-refractivity contribution in [1.82, 2.24) is 0 Å². The van der Waals surface area contributed by atoms with E-state index in [9.17, 15) is 13.2 Å². The molecule has 0 radical (unpaired) electrons. The lowest BCUT2D eigenvalue weighted by molar-refractivity contribution is -0.118. The van der Waals surface area contributed by atoms with Crippen LogP contribution in [0.3, 0.4) is 0 Å². The SMILES string of the molecule is COc1cccc(NS(=O)(=O)CC(C)C(=O)Nc2ccc(C#N)cc2)c1. The normalized spacial score (nSPS) is 11.9. The average molecular weight is 373 g/mol. The van der Waals surface area contributed by atoms with Gasteiger partial charge in [0.05, 0.1) is 36.1 Å². The van der Waals surface area contributed by atoms with E-state index in [-0.39, 0.29) is 5.75 Å². The van der Waals surface area contributed by atoms with Crippen LogP contribution in [-0.2, 0) is 14.8 Å². The Hall–Kier alpha value is -3.05. The maximum absolute atomic E-state index is 12.3. The number of nitrogens with zero attached hydrogens (tertiary/aromatic N) is 1. The third-order valence-electron chi connectivity index (χ3n) is 3.54. The molecule has 7 nitrogen and oxygen atoms in total. The highest BCUT2D eigenvalue weighted by atomic mass is 32.2. The fraction of sp³-hybridized carbons (Fsp3) is 0.222. The lowest BCUT2D eigenvalue weighted by Gasteiger charge is -2.14. The summed E-state index contributed by atoms with van der Waals surface area (Å²) in [6, 6.07) is 14.8. The molecular formula is C18H19N3O4S. The zero-order chi connectivity index (χ0) is 19.2. The van der Waals surface area contributed by atoms with Gasteiger partial charge in [-0.25, -0.2) is 8.42 Å². The van der Waals surface area contributed by atoms with Crippen LogP contribution in [0.2, 0.25) is 0 Å². The number of hydrogen-bond acceptors (Lipinski definition) is 5. The van der Waals surface area contributed by atoms with E-state index in [0.29, 0.717) is 22.7 Å². The van der Waals surface area contributed by atoms with Crippen molar-refractivity contribution in [2.24, 2.45) is 5.92 Å². The highest BCUT2D eigenvalue weighted by molar-refractivity contribution is 7.92. The van der Waals surface area contributed by atoms with E-state index < -0.39 is 21.8 Å². The van der Waals surface area contributed by atoms with Gasteiger partial charge in [-0.1, -0.05) is 13.0 Å². The number of carbonyl (C=O) groups excluding carboxylic acids is 1. The number of benzene rings is 2. The van der Waals surface area contributed by atoms with E-state index in [2.05, 4.69) is 10.0 Å². The van der Waals surface area contributed by atoms with E-state index in [0.717, 1.165) is 0 Å². The standard InChI is InChI=1S/C18H19N3O4S/c1-13(18(22)20-15-8-6-14(11-19)7-9-15)12-26(23,24)21-16-4-3-5-17(10-16)25-2/h3-10,13,21H,12H2,1-2H3,(H,20,22). The molecule has 2 rings (SSSR count). The van der Waals surface area contributed by atoms with Crippen LogP contribution in [0.15, 0.2) is 48.5 Å². The zero-order valence-electron chi connectivity index (χ0n) is 14.4. The highest BCUT2D eigenvalue weighted by Gasteiger charge is 2.22. The van der Waals surface area contributed by atoms with Crippen LogP contribution in [0.25, 0.3) is 0 Å². The van der Waals surface area contributed by atoms with Crippen molar-refractivity contribution in [3.8, 4) is 11.8 Å². The molecule has 26 heavy (non-hydrogen) atoms. The minimum Gasteiger partial charge on any atom is -0.497 e. The molecular weight excluding hydrogens is 354 g/mol. The van der Waals surface area contributed by atoms with E-state index in [4.69, 9.17) is 10.00 Å². The predicted molar refractivity (Wildman–Crippen MR) is 99.4 cm³/mol. The molecule has 0 aliphatic rings. The third-order valence-corrected chi connectivity index (χ3v) is 5.03. The van der Waals surface area contributed by atoms with Crippen LogP contribution in [0, 0.1) is 17.2 Å². The Balaban J connectivity index is 1.98. The summed E-state index contributed by atoms with van der Waals surface area (Å²) in [6.07, 6.45) is 0. The first kappa shape index (κ1) is 19.3. The minimum absolute atomic E-state index is 0.365. The molecule has 8 heteroatoms. The van der Waals surface area contributed by atoms with Gasteiger partial charge in [0.1, 0.15) is 5.75 Å². The summed E-state index contributed by atoms with van der Waals surface area (Å²) >= 11 is 0. The number of methoxy groups -OCH3 is 1. The molecule has 0 saturated carbocycles. The Morgan fingerprint density at radius 2 is 1.88 bits per heavy atom. The van der Waals surface area contributed by atoms with Gasteiger partial charge in [0.2, 0.25) is 15.9 Å². The number of carbonyl (C=O) groups is 1. The number of rotatable bonds is 7. The Labute approximate surface area is 152 Å². The largest absolute Gasteiger partial charge is 0.497 e. The summed E-state index contributed by atoms with van der Waals surface area (Å²) in [5, 5.41) is 11.4. The Bertz CT molecular complexity index is 918. The quantitative estimate of drug-likeness (QED) is 0.775. The van der Waals surface area contributed by atoms with Gasteiger partial charge in [0.15, 0.2) is 0 Å². The second kappa shape index (κ2) is 8.36. The summed E-state index contributed by atoms with van der Waals surface area (Å²) < 4.78 is 32.1. The summed E-state index contributed by atoms with van der Waals surface area (Å²) in [6.45, 7) is 1.53. The van der Waals surface area contributed by atoms with Crippen molar-refractivity contribution in [3.63, 3.8) is 0 Å². The van der Waals surface area contributed by atoms with Gasteiger partial charge in [-0.3, -0.25) is 9.52 Å². The van der Waals surface area contributed by atoms with Crippen molar-refractivity contribution in [3.05, 3.63) is 54.1 Å². The molecule has 0 spiro atoms. The molecule has 2 aromatic rings. The second-order valence-electron chi connectivity index (χ2n) is 5.69. The number of amides is 1. The first-order valence-corrected chi connectivity index (χ1v) is 9.44. The van der Waals surface area contributed by atoms with Crippen molar-refractivity contribution in [1.29, 1.82) is 5.26 Å². The minimum atomic E-state index is -3.72. The highest BCUT2D eigenvalue weighted by Crippen LogP contribution is 2.19. The Morgan fingerprint density at radius 3 is 2.50 bits per heavy atom. The molecule has 0 saturated heterocycles. The van der Waals surface area contributed by atoms with Crippen molar-refractivity contribution < 1.29 is 17.9 Å². The third kappa shape index (κ3) is 5.50. The van der Waals surface area contributed by atoms with Gasteiger partial charge in [-0.2, -0.15) is 5.26 Å². The average Bonchev–Trinajstić information content (AvgIpc) is 2.61. The molecule has 1 amide bonds. The topological polar surface area (TPSA) is 108 Å². The van der Waals surface area contributed by atoms with Crippen molar-refractivity contribution in [2.45, 2.75) is 6.92 Å². The molecule has 0 aliphatic heterocycles. The molecule has 0 fully saturated rings. The molecule has 0 aromatic heterocycles. The number of nitrogens with one attached hydrogen (secondary N) is 2. The first-order valence-electron chi connectivity index (χ1n) is 7.78. The molecule has 0 heterocycles. The Morgan fingerprint density at radius 1 is 1.19 bits per heavy atom. The maximum Gasteiger partial charge on any atom is 0.233 e. The smallest absolute Gasteiger partial charge is 0.233 e. The van der Waals surface area contributed by atoms with Gasteiger partial charge >= 0.3 is 0 Å². The number of ether oxygens (including phenoxy) is 1. The summed E-state index contributed by atoms with van der Waals surface area (Å²) in [5.41, 5.74) is 1.34. The van der Waals surface area contributed by atoms with Gasteiger partial charge in [-0.15, -0.1) is 0 Å². The summed E-state index contributed by atoms with van der Waals surface area (Å²) in [4.78, 5) is 12.2. The van der Waals surface area contributed by atoms with Crippen molar-refractivity contribution >= 4 is 27.3 Å². The lowest BCUT2D eigenvalue weighted by Crippen LogP contribution is -2.29. The Kier molecular flexibility index (Phi) is 6.20. The van der Waals surface area contributed by atoms with Crippen LogP contribution < -0.4 is 14.8 Å². The van der Waals surface area contributed by atoms with Crippen LogP contribution in [0.4, 0.5) is 11.4 Å². The van der Waals surface area contributed by atoms with Crippen molar-refractivity contribution in [2.75, 3.05) is 22.9 Å². The number of hydrogen-bond donors (Lipinski definition) is 2. The van der Waals surface area contributed by atoms with Crippen LogP contribution in [0.1, 0.15) is 12.5 Å². The van der Waals surface area contributed by atoms with E-state index >= 15 is 0 Å². The zero-order valence-corrected chi connectivity index (χ0v) is 15.2. The van der Waals surface area contributed by atoms with Gasteiger partial charge in [0.25, 0.3) is 0 Å². The molecule has 2 N–H and O–H groups in total. The monoisotopic (exact) mass is 373 g/mol. The molecule has 2 aromatic carbocycles. The fourth-order valence-corrected chi connectivity index (χ4v) is 3.59. The lowest BCUT2D eigenvalue weighted by atomic mass is 10.2. The van der Waals surface area contributed by atoms with E-state index in [1.807, 2.05) is 6.07 Å². The van der Waals surface area contributed by atoms with E-state index in [1.54, 1.807) is 48.5 Å². The molecule has 1 unspecified atom stereocenters. The van der Waals surface area contributed by atoms with Crippen LogP contribution in [0.5, 0.6) is 5.75 Å². The molecule has 0 bridgehead atoms. The van der Waals surface area contributed by atoms with Gasteiger partial charge in [-0.05, 0) is 36.4 Å². The summed E-state index contributed by atoms with van der Waals surface area (Å²) in [7, 11) is -2.23. The molecule has 1 atom stereocenters. The fourth-order valence-electron chi connectivity index (χ4n) is 2.21. The van der Waals surface area contributed by atoms with Crippen LogP contribution >= 0.6 is 0 Å².